The van der Waals surface area contributed by atoms with Gasteiger partial charge in [0.15, 0.2) is 11.6 Å². The number of aromatic nitrogens is 2. The van der Waals surface area contributed by atoms with E-state index in [9.17, 15) is 4.79 Å². The number of H-pyrrole nitrogens is 1. The number of hydrogen-bond acceptors (Lipinski definition) is 3. The Labute approximate surface area is 148 Å². The predicted octanol–water partition coefficient (Wildman–Crippen LogP) is 4.73. The highest BCUT2D eigenvalue weighted by molar-refractivity contribution is 5.94. The van der Waals surface area contributed by atoms with Crippen LogP contribution in [-0.2, 0) is 12.8 Å². The van der Waals surface area contributed by atoms with Crippen LogP contribution < -0.4 is 4.74 Å². The monoisotopic (exact) mass is 336 g/mol. The SMILES string of the molecule is CCc1cccc(OCCCCc2ccc3nc(C(C)=O)[nH]c3c2)c1. The van der Waals surface area contributed by atoms with Crippen molar-refractivity contribution in [3.05, 3.63) is 59.4 Å². The van der Waals surface area contributed by atoms with Crippen LogP contribution in [0.25, 0.3) is 11.0 Å². The number of nitrogens with zero attached hydrogens (tertiary/aromatic N) is 1. The number of fused-ring (bicyclic) bond motifs is 1. The maximum atomic E-state index is 11.4. The third-order valence-corrected chi connectivity index (χ3v) is 4.31. The third kappa shape index (κ3) is 4.47. The zero-order valence-electron chi connectivity index (χ0n) is 14.8. The van der Waals surface area contributed by atoms with Gasteiger partial charge >= 0.3 is 0 Å². The molecule has 0 radical (unpaired) electrons. The van der Waals surface area contributed by atoms with Gasteiger partial charge in [-0.15, -0.1) is 0 Å². The zero-order chi connectivity index (χ0) is 17.6. The second-order valence-electron chi connectivity index (χ2n) is 6.30. The topological polar surface area (TPSA) is 55.0 Å². The van der Waals surface area contributed by atoms with E-state index < -0.39 is 0 Å². The van der Waals surface area contributed by atoms with Gasteiger partial charge < -0.3 is 9.72 Å². The van der Waals surface area contributed by atoms with Gasteiger partial charge in [0.05, 0.1) is 17.6 Å². The lowest BCUT2D eigenvalue weighted by molar-refractivity contribution is 0.100. The first-order valence-electron chi connectivity index (χ1n) is 8.87. The Morgan fingerprint density at radius 1 is 1.12 bits per heavy atom. The van der Waals surface area contributed by atoms with Crippen LogP contribution in [0.4, 0.5) is 0 Å². The molecule has 0 amide bonds. The van der Waals surface area contributed by atoms with Crippen LogP contribution in [0.15, 0.2) is 42.5 Å². The first kappa shape index (κ1) is 17.2. The molecular formula is C21H24N2O2. The number of hydrogen-bond donors (Lipinski definition) is 1. The highest BCUT2D eigenvalue weighted by Crippen LogP contribution is 2.17. The van der Waals surface area contributed by atoms with E-state index in [1.165, 1.54) is 18.1 Å². The van der Waals surface area contributed by atoms with E-state index in [1.54, 1.807) is 0 Å². The van der Waals surface area contributed by atoms with Gasteiger partial charge in [0, 0.05) is 6.92 Å². The minimum absolute atomic E-state index is 0.0398. The van der Waals surface area contributed by atoms with Crippen molar-refractivity contribution in [2.24, 2.45) is 0 Å². The number of imidazole rings is 1. The van der Waals surface area contributed by atoms with Crippen LogP contribution in [0.5, 0.6) is 5.75 Å². The molecule has 2 aromatic carbocycles. The summed E-state index contributed by atoms with van der Waals surface area (Å²) in [5, 5.41) is 0. The summed E-state index contributed by atoms with van der Waals surface area (Å²) in [6.45, 7) is 4.40. The molecule has 3 rings (SSSR count). The maximum Gasteiger partial charge on any atom is 0.195 e. The number of carbonyl (C=O) groups excluding carboxylic acids is 1. The first-order chi connectivity index (χ1) is 12.2. The second kappa shape index (κ2) is 7.97. The minimum Gasteiger partial charge on any atom is -0.494 e. The number of rotatable bonds is 8. The van der Waals surface area contributed by atoms with E-state index in [4.69, 9.17) is 4.74 Å². The van der Waals surface area contributed by atoms with Crippen molar-refractivity contribution in [1.29, 1.82) is 0 Å². The fourth-order valence-corrected chi connectivity index (χ4v) is 2.86. The van der Waals surface area contributed by atoms with Crippen molar-refractivity contribution in [1.82, 2.24) is 9.97 Å². The molecule has 0 spiro atoms. The summed E-state index contributed by atoms with van der Waals surface area (Å²) in [6.07, 6.45) is 4.09. The number of Topliss-reactive ketones (excluding diaryl/α,β-unsaturated/α-hetero) is 1. The summed E-state index contributed by atoms with van der Waals surface area (Å²) < 4.78 is 5.83. The first-order valence-corrected chi connectivity index (χ1v) is 8.87. The lowest BCUT2D eigenvalue weighted by atomic mass is 10.1. The van der Waals surface area contributed by atoms with E-state index in [2.05, 4.69) is 41.2 Å². The molecule has 25 heavy (non-hydrogen) atoms. The highest BCUT2D eigenvalue weighted by Gasteiger charge is 2.07. The number of aromatic amines is 1. The molecule has 1 N–H and O–H groups in total. The number of carbonyl (C=O) groups is 1. The predicted molar refractivity (Wildman–Crippen MR) is 100 cm³/mol. The summed E-state index contributed by atoms with van der Waals surface area (Å²) in [4.78, 5) is 18.8. The van der Waals surface area contributed by atoms with Crippen molar-refractivity contribution in [2.45, 2.75) is 39.5 Å². The molecule has 0 atom stereocenters. The molecule has 1 aromatic heterocycles. The van der Waals surface area contributed by atoms with E-state index in [-0.39, 0.29) is 5.78 Å². The summed E-state index contributed by atoms with van der Waals surface area (Å²) in [5.74, 6) is 1.34. The van der Waals surface area contributed by atoms with Gasteiger partial charge in [0.1, 0.15) is 5.75 Å². The molecule has 1 heterocycles. The molecule has 3 aromatic rings. The Morgan fingerprint density at radius 3 is 2.80 bits per heavy atom. The van der Waals surface area contributed by atoms with Crippen LogP contribution in [-0.4, -0.2) is 22.4 Å². The number of unbranched alkanes of at least 4 members (excludes halogenated alkanes) is 1. The van der Waals surface area contributed by atoms with Gasteiger partial charge in [-0.05, 0) is 61.1 Å². The molecule has 0 aliphatic rings. The molecule has 130 valence electrons. The zero-order valence-corrected chi connectivity index (χ0v) is 14.8. The molecule has 0 saturated heterocycles. The van der Waals surface area contributed by atoms with Gasteiger partial charge in [0.25, 0.3) is 0 Å². The van der Waals surface area contributed by atoms with Crippen molar-refractivity contribution in [3.8, 4) is 5.75 Å². The van der Waals surface area contributed by atoms with E-state index >= 15 is 0 Å². The summed E-state index contributed by atoms with van der Waals surface area (Å²) in [7, 11) is 0. The third-order valence-electron chi connectivity index (χ3n) is 4.31. The lowest BCUT2D eigenvalue weighted by Gasteiger charge is -2.07. The average molecular weight is 336 g/mol. The van der Waals surface area contributed by atoms with E-state index in [0.717, 1.165) is 49.1 Å². The fourth-order valence-electron chi connectivity index (χ4n) is 2.86. The van der Waals surface area contributed by atoms with Gasteiger partial charge in [-0.1, -0.05) is 25.1 Å². The molecule has 0 unspecified atom stereocenters. The molecular weight excluding hydrogens is 312 g/mol. The van der Waals surface area contributed by atoms with Gasteiger partial charge in [0.2, 0.25) is 0 Å². The summed E-state index contributed by atoms with van der Waals surface area (Å²) >= 11 is 0. The van der Waals surface area contributed by atoms with Crippen LogP contribution in [0.3, 0.4) is 0 Å². The van der Waals surface area contributed by atoms with Crippen LogP contribution >= 0.6 is 0 Å². The summed E-state index contributed by atoms with van der Waals surface area (Å²) in [6, 6.07) is 14.4. The normalized spacial score (nSPS) is 11.0. The lowest BCUT2D eigenvalue weighted by Crippen LogP contribution is -1.98. The molecule has 0 bridgehead atoms. The van der Waals surface area contributed by atoms with Crippen LogP contribution in [0.1, 0.15) is 48.4 Å². The number of ether oxygens (including phenoxy) is 1. The van der Waals surface area contributed by atoms with E-state index in [0.29, 0.717) is 5.82 Å². The van der Waals surface area contributed by atoms with Crippen molar-refractivity contribution in [2.75, 3.05) is 6.61 Å². The largest absolute Gasteiger partial charge is 0.494 e. The summed E-state index contributed by atoms with van der Waals surface area (Å²) in [5.41, 5.74) is 4.32. The average Bonchev–Trinajstić information content (AvgIpc) is 3.05. The second-order valence-corrected chi connectivity index (χ2v) is 6.30. The molecule has 0 aliphatic carbocycles. The molecule has 0 saturated carbocycles. The number of nitrogens with one attached hydrogen (secondary N) is 1. The van der Waals surface area contributed by atoms with Crippen molar-refractivity contribution >= 4 is 16.8 Å². The Morgan fingerprint density at radius 2 is 2.00 bits per heavy atom. The smallest absolute Gasteiger partial charge is 0.195 e. The van der Waals surface area contributed by atoms with Crippen molar-refractivity contribution < 1.29 is 9.53 Å². The standard InChI is InChI=1S/C21H24N2O2/c1-3-16-8-6-9-18(13-16)25-12-5-4-7-17-10-11-19-20(14-17)23-21(22-19)15(2)24/h6,8-11,13-14H,3-5,7,12H2,1-2H3,(H,22,23). The number of benzene rings is 2. The number of aryl methyl sites for hydroxylation is 2. The molecule has 4 nitrogen and oxygen atoms in total. The van der Waals surface area contributed by atoms with Crippen LogP contribution in [0, 0.1) is 0 Å². The maximum absolute atomic E-state index is 11.4. The Kier molecular flexibility index (Phi) is 5.49. The number of ketones is 1. The molecule has 4 heteroatoms. The van der Waals surface area contributed by atoms with Gasteiger partial charge in [-0.25, -0.2) is 4.98 Å². The quantitative estimate of drug-likeness (QED) is 0.478. The molecule has 0 fully saturated rings. The van der Waals surface area contributed by atoms with Gasteiger partial charge in [-0.3, -0.25) is 4.79 Å². The Hall–Kier alpha value is -2.62. The Bertz CT molecular complexity index is 867. The fraction of sp³-hybridized carbons (Fsp3) is 0.333. The van der Waals surface area contributed by atoms with Gasteiger partial charge in [-0.2, -0.15) is 0 Å². The van der Waals surface area contributed by atoms with E-state index in [1.807, 2.05) is 18.2 Å². The molecule has 0 aliphatic heterocycles. The highest BCUT2D eigenvalue weighted by atomic mass is 16.5. The van der Waals surface area contributed by atoms with Crippen molar-refractivity contribution in [3.63, 3.8) is 0 Å². The Balaban J connectivity index is 1.48. The minimum atomic E-state index is -0.0398. The van der Waals surface area contributed by atoms with Crippen LogP contribution in [0.2, 0.25) is 0 Å².